The van der Waals surface area contributed by atoms with Crippen LogP contribution in [0.15, 0.2) is 42.5 Å². The zero-order chi connectivity index (χ0) is 16.2. The molecule has 1 aromatic carbocycles. The fourth-order valence-corrected chi connectivity index (χ4v) is 2.89. The molecule has 1 fully saturated rings. The minimum Gasteiger partial charge on any atom is -0.494 e. The van der Waals surface area contributed by atoms with Gasteiger partial charge in [0.05, 0.1) is 13.1 Å². The first-order valence-electron chi connectivity index (χ1n) is 7.75. The molecule has 0 radical (unpaired) electrons. The number of nitrogens with zero attached hydrogens (tertiary/aromatic N) is 3. The fraction of sp³-hybridized carbons (Fsp3) is 0.353. The van der Waals surface area contributed by atoms with Gasteiger partial charge in [0.15, 0.2) is 17.5 Å². The van der Waals surface area contributed by atoms with E-state index < -0.39 is 0 Å². The van der Waals surface area contributed by atoms with Crippen molar-refractivity contribution in [1.29, 1.82) is 0 Å². The Morgan fingerprint density at radius 3 is 2.09 bits per heavy atom. The molecule has 3 rings (SSSR count). The van der Waals surface area contributed by atoms with Crippen molar-refractivity contribution in [2.75, 3.05) is 37.6 Å². The molecular formula is C17H21N3O3. The van der Waals surface area contributed by atoms with Crippen molar-refractivity contribution in [3.63, 3.8) is 0 Å². The van der Waals surface area contributed by atoms with Gasteiger partial charge >= 0.3 is 0 Å². The lowest BCUT2D eigenvalue weighted by Crippen LogP contribution is -2.48. The number of carbonyl (C=O) groups is 1. The Kier molecular flexibility index (Phi) is 4.52. The largest absolute Gasteiger partial charge is 0.494 e. The normalized spacial score (nSPS) is 15.7. The predicted octanol–water partition coefficient (Wildman–Crippen LogP) is 1.29. The zero-order valence-corrected chi connectivity index (χ0v) is 12.9. The molecule has 0 bridgehead atoms. The molecule has 122 valence electrons. The number of para-hydroxylation sites is 1. The average Bonchev–Trinajstić information content (AvgIpc) is 2.88. The van der Waals surface area contributed by atoms with Crippen LogP contribution < -0.4 is 4.90 Å². The molecule has 0 atom stereocenters. The summed E-state index contributed by atoms with van der Waals surface area (Å²) in [7, 11) is 0. The van der Waals surface area contributed by atoms with Gasteiger partial charge in [-0.3, -0.25) is 14.3 Å². The molecule has 6 heteroatoms. The summed E-state index contributed by atoms with van der Waals surface area (Å²) in [4.78, 5) is 16.6. The second-order valence-electron chi connectivity index (χ2n) is 5.77. The first-order valence-corrected chi connectivity index (χ1v) is 7.75. The van der Waals surface area contributed by atoms with Gasteiger partial charge in [0.25, 0.3) is 0 Å². The summed E-state index contributed by atoms with van der Waals surface area (Å²) in [5.41, 5.74) is 1.21. The van der Waals surface area contributed by atoms with Crippen LogP contribution in [0.5, 0.6) is 11.8 Å². The Morgan fingerprint density at radius 1 is 0.870 bits per heavy atom. The van der Waals surface area contributed by atoms with Crippen molar-refractivity contribution >= 4 is 11.5 Å². The second-order valence-corrected chi connectivity index (χ2v) is 5.77. The highest BCUT2D eigenvalue weighted by Crippen LogP contribution is 2.20. The van der Waals surface area contributed by atoms with Crippen LogP contribution in [-0.4, -0.2) is 58.2 Å². The SMILES string of the molecule is O=C(CN1CCN(c2ccccc2)CC1)Cn1c(O)ccc1O. The maximum Gasteiger partial charge on any atom is 0.194 e. The monoisotopic (exact) mass is 315 g/mol. The number of piperazine rings is 1. The van der Waals surface area contributed by atoms with Crippen LogP contribution in [0.2, 0.25) is 0 Å². The number of carbonyl (C=O) groups excluding carboxylic acids is 1. The molecule has 0 spiro atoms. The Morgan fingerprint density at radius 2 is 1.48 bits per heavy atom. The Labute approximate surface area is 135 Å². The third-order valence-electron chi connectivity index (χ3n) is 4.16. The highest BCUT2D eigenvalue weighted by molar-refractivity contribution is 5.80. The van der Waals surface area contributed by atoms with Gasteiger partial charge in [0.2, 0.25) is 0 Å². The molecule has 1 saturated heterocycles. The number of Topliss-reactive ketones (excluding diaryl/α,β-unsaturated/α-hetero) is 1. The molecule has 0 amide bonds. The lowest BCUT2D eigenvalue weighted by atomic mass is 10.2. The summed E-state index contributed by atoms with van der Waals surface area (Å²) < 4.78 is 1.21. The Hall–Kier alpha value is -2.47. The van der Waals surface area contributed by atoms with E-state index in [0.717, 1.165) is 26.2 Å². The molecule has 0 aliphatic carbocycles. The number of hydrogen-bond donors (Lipinski definition) is 2. The molecule has 1 aromatic heterocycles. The lowest BCUT2D eigenvalue weighted by Gasteiger charge is -2.35. The van der Waals surface area contributed by atoms with Crippen molar-refractivity contribution in [3.05, 3.63) is 42.5 Å². The molecule has 6 nitrogen and oxygen atoms in total. The number of rotatable bonds is 5. The second kappa shape index (κ2) is 6.75. The summed E-state index contributed by atoms with van der Waals surface area (Å²) in [6, 6.07) is 13.0. The van der Waals surface area contributed by atoms with E-state index in [-0.39, 0.29) is 24.1 Å². The van der Waals surface area contributed by atoms with Gasteiger partial charge in [-0.05, 0) is 12.1 Å². The fourth-order valence-electron chi connectivity index (χ4n) is 2.89. The standard InChI is InChI=1S/C17H21N3O3/c21-15(13-20-16(22)6-7-17(20)23)12-18-8-10-19(11-9-18)14-4-2-1-3-5-14/h1-7,22-23H,8-13H2. The Bertz CT molecular complexity index is 641. The van der Waals surface area contributed by atoms with Crippen LogP contribution in [0.4, 0.5) is 5.69 Å². The van der Waals surface area contributed by atoms with Crippen LogP contribution in [0.1, 0.15) is 0 Å². The lowest BCUT2D eigenvalue weighted by molar-refractivity contribution is -0.121. The van der Waals surface area contributed by atoms with Crippen molar-refractivity contribution in [3.8, 4) is 11.8 Å². The summed E-state index contributed by atoms with van der Waals surface area (Å²) in [6.45, 7) is 3.74. The molecule has 2 N–H and O–H groups in total. The van der Waals surface area contributed by atoms with E-state index in [1.165, 1.54) is 22.4 Å². The van der Waals surface area contributed by atoms with Crippen LogP contribution in [0, 0.1) is 0 Å². The van der Waals surface area contributed by atoms with Gasteiger partial charge in [0, 0.05) is 44.0 Å². The summed E-state index contributed by atoms with van der Waals surface area (Å²) >= 11 is 0. The summed E-state index contributed by atoms with van der Waals surface area (Å²) in [5, 5.41) is 19.2. The zero-order valence-electron chi connectivity index (χ0n) is 12.9. The van der Waals surface area contributed by atoms with E-state index in [0.29, 0.717) is 6.54 Å². The molecule has 2 aromatic rings. The third kappa shape index (κ3) is 3.65. The maximum atomic E-state index is 12.1. The molecule has 0 unspecified atom stereocenters. The number of aromatic hydroxyl groups is 2. The highest BCUT2D eigenvalue weighted by Gasteiger charge is 2.20. The van der Waals surface area contributed by atoms with Gasteiger partial charge in [-0.25, -0.2) is 0 Å². The van der Waals surface area contributed by atoms with Crippen LogP contribution >= 0.6 is 0 Å². The van der Waals surface area contributed by atoms with Crippen LogP contribution in [0.3, 0.4) is 0 Å². The van der Waals surface area contributed by atoms with Gasteiger partial charge in [-0.1, -0.05) is 18.2 Å². The highest BCUT2D eigenvalue weighted by atomic mass is 16.3. The first-order chi connectivity index (χ1) is 11.1. The number of hydrogen-bond acceptors (Lipinski definition) is 5. The van der Waals surface area contributed by atoms with Gasteiger partial charge in [-0.2, -0.15) is 0 Å². The van der Waals surface area contributed by atoms with Crippen molar-refractivity contribution in [2.24, 2.45) is 0 Å². The van der Waals surface area contributed by atoms with Crippen molar-refractivity contribution in [1.82, 2.24) is 9.47 Å². The smallest absolute Gasteiger partial charge is 0.194 e. The van der Waals surface area contributed by atoms with Crippen LogP contribution in [-0.2, 0) is 11.3 Å². The van der Waals surface area contributed by atoms with Crippen molar-refractivity contribution in [2.45, 2.75) is 6.54 Å². The Balaban J connectivity index is 1.50. The number of aromatic nitrogens is 1. The molecule has 23 heavy (non-hydrogen) atoms. The average molecular weight is 315 g/mol. The molecule has 0 saturated carbocycles. The topological polar surface area (TPSA) is 68.9 Å². The molecule has 1 aliphatic rings. The van der Waals surface area contributed by atoms with E-state index in [1.54, 1.807) is 0 Å². The minimum absolute atomic E-state index is 0.0104. The number of ketones is 1. The summed E-state index contributed by atoms with van der Waals surface area (Å²) in [5.74, 6) is -0.213. The summed E-state index contributed by atoms with van der Waals surface area (Å²) in [6.07, 6.45) is 0. The molecule has 2 heterocycles. The third-order valence-corrected chi connectivity index (χ3v) is 4.16. The van der Waals surface area contributed by atoms with Crippen LogP contribution in [0.25, 0.3) is 0 Å². The maximum absolute atomic E-state index is 12.1. The first kappa shape index (κ1) is 15.4. The van der Waals surface area contributed by atoms with Crippen molar-refractivity contribution < 1.29 is 15.0 Å². The van der Waals surface area contributed by atoms with Gasteiger partial charge < -0.3 is 15.1 Å². The van der Waals surface area contributed by atoms with E-state index in [4.69, 9.17) is 0 Å². The van der Waals surface area contributed by atoms with E-state index in [1.807, 2.05) is 18.2 Å². The quantitative estimate of drug-likeness (QED) is 0.870. The molecular weight excluding hydrogens is 294 g/mol. The minimum atomic E-state index is -0.0928. The number of anilines is 1. The molecule has 1 aliphatic heterocycles. The predicted molar refractivity (Wildman–Crippen MR) is 87.9 cm³/mol. The van der Waals surface area contributed by atoms with E-state index in [2.05, 4.69) is 21.9 Å². The van der Waals surface area contributed by atoms with Gasteiger partial charge in [-0.15, -0.1) is 0 Å². The van der Waals surface area contributed by atoms with E-state index >= 15 is 0 Å². The number of benzene rings is 1. The van der Waals surface area contributed by atoms with Gasteiger partial charge in [0.1, 0.15) is 0 Å². The van der Waals surface area contributed by atoms with E-state index in [9.17, 15) is 15.0 Å².